The predicted octanol–water partition coefficient (Wildman–Crippen LogP) is 5.20. The summed E-state index contributed by atoms with van der Waals surface area (Å²) < 4.78 is 5.45. The summed E-state index contributed by atoms with van der Waals surface area (Å²) in [6.07, 6.45) is 3.96. The number of carbonyl (C=O) groups excluding carboxylic acids is 2. The Hall–Kier alpha value is -2.93. The van der Waals surface area contributed by atoms with Crippen LogP contribution in [0.25, 0.3) is 11.1 Å². The molecule has 2 N–H and O–H groups in total. The standard InChI is InChI=1S/C24H27NO5S/c1-13(2)30-24(29)20-19(16-10-9-14(3)15(4)11-16)12-31-22(20)25-21(26)17-7-5-6-8-18(17)23(27)28/h5-6,9-13,17-18H,7-8H2,1-4H3,(H,25,26)(H,27,28)/t17-,18+/m0/s1. The predicted molar refractivity (Wildman–Crippen MR) is 121 cm³/mol. The normalized spacial score (nSPS) is 18.1. The number of anilines is 1. The molecule has 0 bridgehead atoms. The summed E-state index contributed by atoms with van der Waals surface area (Å²) in [4.78, 5) is 37.5. The van der Waals surface area contributed by atoms with Gasteiger partial charge in [-0.2, -0.15) is 0 Å². The maximum atomic E-state index is 13.0. The number of allylic oxidation sites excluding steroid dienone is 2. The topological polar surface area (TPSA) is 92.7 Å². The Morgan fingerprint density at radius 2 is 1.77 bits per heavy atom. The molecule has 0 fully saturated rings. The highest BCUT2D eigenvalue weighted by atomic mass is 32.1. The molecular formula is C24H27NO5S. The van der Waals surface area contributed by atoms with Crippen LogP contribution >= 0.6 is 11.3 Å². The Labute approximate surface area is 185 Å². The lowest BCUT2D eigenvalue weighted by Gasteiger charge is -2.24. The second kappa shape index (κ2) is 9.47. The summed E-state index contributed by atoms with van der Waals surface area (Å²) in [5, 5.41) is 14.5. The number of carbonyl (C=O) groups is 3. The highest BCUT2D eigenvalue weighted by molar-refractivity contribution is 7.15. The van der Waals surface area contributed by atoms with Crippen molar-refractivity contribution in [3.05, 3.63) is 52.4 Å². The van der Waals surface area contributed by atoms with Gasteiger partial charge in [0.15, 0.2) is 0 Å². The first kappa shape index (κ1) is 22.7. The van der Waals surface area contributed by atoms with Crippen molar-refractivity contribution in [2.45, 2.75) is 46.6 Å². The molecule has 2 aromatic rings. The van der Waals surface area contributed by atoms with Crippen molar-refractivity contribution in [2.75, 3.05) is 5.32 Å². The highest BCUT2D eigenvalue weighted by Crippen LogP contribution is 2.38. The molecule has 0 saturated heterocycles. The van der Waals surface area contributed by atoms with E-state index < -0.39 is 29.7 Å². The third-order valence-corrected chi connectivity index (χ3v) is 6.37. The van der Waals surface area contributed by atoms with Crippen LogP contribution in [-0.2, 0) is 14.3 Å². The molecule has 1 aliphatic carbocycles. The molecule has 0 radical (unpaired) electrons. The summed E-state index contributed by atoms with van der Waals surface area (Å²) in [6.45, 7) is 7.56. The quantitative estimate of drug-likeness (QED) is 0.475. The third-order valence-electron chi connectivity index (χ3n) is 5.48. The van der Waals surface area contributed by atoms with Crippen LogP contribution in [0.4, 0.5) is 5.00 Å². The molecule has 164 valence electrons. The molecule has 6 nitrogen and oxygen atoms in total. The van der Waals surface area contributed by atoms with Gasteiger partial charge in [-0.1, -0.05) is 30.4 Å². The lowest BCUT2D eigenvalue weighted by molar-refractivity contribution is -0.146. The van der Waals surface area contributed by atoms with Gasteiger partial charge in [-0.15, -0.1) is 11.3 Å². The number of aryl methyl sites for hydroxylation is 2. The van der Waals surface area contributed by atoms with E-state index in [4.69, 9.17) is 4.74 Å². The smallest absolute Gasteiger partial charge is 0.342 e. The largest absolute Gasteiger partial charge is 0.481 e. The Morgan fingerprint density at radius 3 is 2.39 bits per heavy atom. The summed E-state index contributed by atoms with van der Waals surface area (Å²) in [6, 6.07) is 5.93. The fraction of sp³-hybridized carbons (Fsp3) is 0.375. The van der Waals surface area contributed by atoms with Crippen LogP contribution in [0.15, 0.2) is 35.7 Å². The van der Waals surface area contributed by atoms with Gasteiger partial charge in [0.2, 0.25) is 5.91 Å². The summed E-state index contributed by atoms with van der Waals surface area (Å²) >= 11 is 1.24. The number of nitrogens with one attached hydrogen (secondary N) is 1. The Balaban J connectivity index is 1.98. The fourth-order valence-corrected chi connectivity index (χ4v) is 4.59. The van der Waals surface area contributed by atoms with Gasteiger partial charge in [0.1, 0.15) is 10.6 Å². The van der Waals surface area contributed by atoms with Crippen LogP contribution in [0.5, 0.6) is 0 Å². The number of benzene rings is 1. The zero-order chi connectivity index (χ0) is 22.7. The van der Waals surface area contributed by atoms with Crippen molar-refractivity contribution in [2.24, 2.45) is 11.8 Å². The number of amides is 1. The highest BCUT2D eigenvalue weighted by Gasteiger charge is 2.35. The van der Waals surface area contributed by atoms with Gasteiger partial charge in [0, 0.05) is 10.9 Å². The number of hydrogen-bond acceptors (Lipinski definition) is 5. The molecule has 1 heterocycles. The van der Waals surface area contributed by atoms with E-state index in [0.717, 1.165) is 16.7 Å². The molecule has 1 aromatic heterocycles. The van der Waals surface area contributed by atoms with Gasteiger partial charge >= 0.3 is 11.9 Å². The number of hydrogen-bond donors (Lipinski definition) is 2. The van der Waals surface area contributed by atoms with E-state index in [1.54, 1.807) is 19.9 Å². The van der Waals surface area contributed by atoms with Crippen molar-refractivity contribution < 1.29 is 24.2 Å². The molecule has 0 unspecified atom stereocenters. The number of ether oxygens (including phenoxy) is 1. The van der Waals surface area contributed by atoms with E-state index in [1.165, 1.54) is 11.3 Å². The second-order valence-electron chi connectivity index (χ2n) is 8.09. The molecule has 1 amide bonds. The van der Waals surface area contributed by atoms with E-state index in [-0.39, 0.29) is 6.10 Å². The van der Waals surface area contributed by atoms with E-state index in [2.05, 4.69) is 5.32 Å². The Morgan fingerprint density at radius 1 is 1.10 bits per heavy atom. The Bertz CT molecular complexity index is 1040. The van der Waals surface area contributed by atoms with Crippen molar-refractivity contribution in [1.29, 1.82) is 0 Å². The first-order chi connectivity index (χ1) is 14.7. The van der Waals surface area contributed by atoms with Gasteiger partial charge in [0.25, 0.3) is 0 Å². The molecular weight excluding hydrogens is 414 g/mol. The maximum Gasteiger partial charge on any atom is 0.342 e. The number of rotatable bonds is 6. The Kier molecular flexibility index (Phi) is 6.95. The number of thiophene rings is 1. The van der Waals surface area contributed by atoms with Gasteiger partial charge in [-0.05, 0) is 57.2 Å². The molecule has 0 saturated carbocycles. The van der Waals surface area contributed by atoms with Crippen LogP contribution in [-0.4, -0.2) is 29.1 Å². The molecule has 31 heavy (non-hydrogen) atoms. The van der Waals surface area contributed by atoms with Crippen LogP contribution in [0, 0.1) is 25.7 Å². The monoisotopic (exact) mass is 441 g/mol. The van der Waals surface area contributed by atoms with Crippen LogP contribution in [0.2, 0.25) is 0 Å². The van der Waals surface area contributed by atoms with E-state index in [1.807, 2.05) is 43.5 Å². The molecule has 7 heteroatoms. The number of esters is 1. The third kappa shape index (κ3) is 5.05. The van der Waals surface area contributed by atoms with Crippen LogP contribution in [0.1, 0.15) is 48.2 Å². The summed E-state index contributed by atoms with van der Waals surface area (Å²) in [5.41, 5.74) is 4.08. The second-order valence-corrected chi connectivity index (χ2v) is 8.97. The van der Waals surface area contributed by atoms with Gasteiger partial charge in [-0.25, -0.2) is 4.79 Å². The van der Waals surface area contributed by atoms with E-state index in [9.17, 15) is 19.5 Å². The van der Waals surface area contributed by atoms with Gasteiger partial charge in [-0.3, -0.25) is 9.59 Å². The first-order valence-corrected chi connectivity index (χ1v) is 11.2. The van der Waals surface area contributed by atoms with Gasteiger partial charge < -0.3 is 15.2 Å². The maximum absolute atomic E-state index is 13.0. The van der Waals surface area contributed by atoms with Crippen molar-refractivity contribution in [3.63, 3.8) is 0 Å². The number of carboxylic acid groups (broad SMARTS) is 1. The first-order valence-electron chi connectivity index (χ1n) is 10.3. The summed E-state index contributed by atoms with van der Waals surface area (Å²) in [5.74, 6) is -3.38. The lowest BCUT2D eigenvalue weighted by Crippen LogP contribution is -2.34. The van der Waals surface area contributed by atoms with Crippen LogP contribution in [0.3, 0.4) is 0 Å². The van der Waals surface area contributed by atoms with E-state index >= 15 is 0 Å². The minimum atomic E-state index is -0.994. The molecule has 0 spiro atoms. The molecule has 1 aromatic carbocycles. The average Bonchev–Trinajstić information content (AvgIpc) is 3.13. The number of carboxylic acids is 1. The van der Waals surface area contributed by atoms with Gasteiger partial charge in [0.05, 0.1) is 17.9 Å². The zero-order valence-corrected chi connectivity index (χ0v) is 18.9. The van der Waals surface area contributed by atoms with Crippen molar-refractivity contribution >= 4 is 34.2 Å². The summed E-state index contributed by atoms with van der Waals surface area (Å²) in [7, 11) is 0. The van der Waals surface area contributed by atoms with E-state index in [0.29, 0.717) is 29.0 Å². The lowest BCUT2D eigenvalue weighted by atomic mass is 9.82. The average molecular weight is 442 g/mol. The fourth-order valence-electron chi connectivity index (χ4n) is 3.63. The van der Waals surface area contributed by atoms with Crippen molar-refractivity contribution in [3.8, 4) is 11.1 Å². The minimum absolute atomic E-state index is 0.300. The molecule has 1 aliphatic rings. The SMILES string of the molecule is Cc1ccc(-c2csc(NC(=O)[C@H]3CC=CC[C@H]3C(=O)O)c2C(=O)OC(C)C)cc1C. The minimum Gasteiger partial charge on any atom is -0.481 e. The zero-order valence-electron chi connectivity index (χ0n) is 18.1. The molecule has 0 aliphatic heterocycles. The van der Waals surface area contributed by atoms with Crippen molar-refractivity contribution in [1.82, 2.24) is 0 Å². The molecule has 3 rings (SSSR count). The van der Waals surface area contributed by atoms with Crippen LogP contribution < -0.4 is 5.32 Å². The number of aliphatic carboxylic acids is 1. The molecule has 2 atom stereocenters.